The molecule has 18 aliphatic rings. The van der Waals surface area contributed by atoms with Crippen LogP contribution in [0.15, 0.2) is 95.2 Å². The second kappa shape index (κ2) is 31.1. The molecule has 26 heteroatoms. The normalized spacial score (nSPS) is 49.9. The summed E-state index contributed by atoms with van der Waals surface area (Å²) >= 11 is 0. The molecule has 12 saturated carbocycles. The maximum absolute atomic E-state index is 17.3. The van der Waals surface area contributed by atoms with Gasteiger partial charge in [0.25, 0.3) is 0 Å². The zero-order valence-electron chi connectivity index (χ0n) is 74.4. The van der Waals surface area contributed by atoms with Crippen molar-refractivity contribution in [2.45, 2.75) is 320 Å². The average molecular weight is 1730 g/mol. The average Bonchev–Trinajstić information content (AvgIpc) is 1.49. The number of hydrogen-bond acceptors (Lipinski definition) is 23. The van der Waals surface area contributed by atoms with Crippen molar-refractivity contribution in [1.82, 2.24) is 0 Å². The number of carbonyl (C=O) groups excluding carboxylic acids is 9. The smallest absolute Gasteiger partial charge is 0.306 e. The lowest BCUT2D eigenvalue weighted by Crippen LogP contribution is -2.70. The van der Waals surface area contributed by atoms with Crippen LogP contribution < -0.4 is 0 Å². The molecule has 23 nitrogen and oxygen atoms in total. The maximum atomic E-state index is 17.3. The van der Waals surface area contributed by atoms with E-state index in [0.29, 0.717) is 94.6 Å². The summed E-state index contributed by atoms with van der Waals surface area (Å²) in [6.45, 7) is 23.1. The Hall–Kier alpha value is -5.98. The van der Waals surface area contributed by atoms with Crippen molar-refractivity contribution in [1.29, 1.82) is 0 Å². The summed E-state index contributed by atoms with van der Waals surface area (Å²) in [5.74, 6) is -7.17. The van der Waals surface area contributed by atoms with Crippen molar-refractivity contribution in [3.8, 4) is 0 Å². The van der Waals surface area contributed by atoms with Crippen LogP contribution in [0.25, 0.3) is 0 Å². The van der Waals surface area contributed by atoms with Crippen LogP contribution in [0.3, 0.4) is 0 Å². The molecule has 0 aromatic rings. The van der Waals surface area contributed by atoms with Crippen molar-refractivity contribution in [2.75, 3.05) is 26.4 Å². The van der Waals surface area contributed by atoms with Crippen LogP contribution in [-0.2, 0) is 66.8 Å². The van der Waals surface area contributed by atoms with E-state index in [1.54, 1.807) is 78.8 Å². The summed E-state index contributed by atoms with van der Waals surface area (Å²) in [6.07, 6.45) is 22.7. The molecule has 0 spiro atoms. The van der Waals surface area contributed by atoms with E-state index in [-0.39, 0.29) is 95.5 Å². The standard InChI is InChI=1S/C27H37FO6.C25H34O6.C24H31FO6.C22H29FO5/c1-5-6-7-23(33)34-27(22(32)15-29)16(2)12-20-19-9-8-17-13-18(30)10-11-24(17,3)26(19,28)21(31)14-25(20,27)4;1-4-5-21-30-20-11-17-16-7-6-14-10-15(27)8-9-23(14,2)22(16)18(28)12-24(17,3)25(20,31-21)19(29)13-26;1-20(2)30-19-10-16-15-6-5-13-9-14(27)7-8-21(13,3)23(15,25)17(28)11-22(16,4)24(19,31-20)18(29)12-26;1-12-8-16-15-5-4-13-9-14(25)6-7-19(13,2)21(15,23)17(26)10-20(16,3)22(12,28)18(27)11-24/h10-11,13,16,19-21,29,31H,5-9,12,14-15H2,1-4H3;8-10,16-18,20-22,26,28H,4-7,11-13H2,1-3H3;7-9,15-17,19,26,28H,5-6,10-12H2,1-4H3;6-7,9,12,15-17,24,26,28H,4-5,8,10-11H2,1-3H3/t;16?,17?,18?,20?,21?,22?,23?,24?,25-;15?,16?,17?,19?,21?,22?,23?,24-;/m.11./s1. The van der Waals surface area contributed by atoms with Gasteiger partial charge < -0.3 is 69.6 Å². The monoisotopic (exact) mass is 1730 g/mol. The minimum absolute atomic E-state index is 0.0109. The highest BCUT2D eigenvalue weighted by atomic mass is 19.2. The largest absolute Gasteiger partial charge is 0.450 e. The van der Waals surface area contributed by atoms with Crippen LogP contribution in [0.1, 0.15) is 232 Å². The number of Topliss-reactive ketones (excluding diaryl/α,β-unsaturated/α-hetero) is 4. The van der Waals surface area contributed by atoms with E-state index in [2.05, 4.69) is 20.8 Å². The third-order valence-corrected chi connectivity index (χ3v) is 37.1. The van der Waals surface area contributed by atoms with Gasteiger partial charge in [0.05, 0.1) is 36.6 Å². The minimum Gasteiger partial charge on any atom is -0.450 e. The zero-order chi connectivity index (χ0) is 90.6. The molecule has 0 bridgehead atoms. The molecule has 18 rings (SSSR count). The first-order chi connectivity index (χ1) is 57.9. The van der Waals surface area contributed by atoms with Gasteiger partial charge in [-0.15, -0.1) is 0 Å². The van der Waals surface area contributed by atoms with Crippen LogP contribution in [0, 0.1) is 108 Å². The Balaban J connectivity index is 0.000000128. The number of aliphatic hydroxyl groups is 9. The Morgan fingerprint density at radius 3 is 1.37 bits per heavy atom. The molecule has 2 aliphatic heterocycles. The van der Waals surface area contributed by atoms with Gasteiger partial charge in [0.15, 0.2) is 86.4 Å². The van der Waals surface area contributed by atoms with Crippen molar-refractivity contribution >= 4 is 52.2 Å². The van der Waals surface area contributed by atoms with Gasteiger partial charge in [-0.2, -0.15) is 0 Å². The van der Waals surface area contributed by atoms with Gasteiger partial charge in [-0.3, -0.25) is 43.2 Å². The summed E-state index contributed by atoms with van der Waals surface area (Å²) in [5.41, 5.74) is -16.0. The van der Waals surface area contributed by atoms with E-state index in [4.69, 9.17) is 23.7 Å². The van der Waals surface area contributed by atoms with E-state index >= 15 is 13.2 Å². The highest BCUT2D eigenvalue weighted by molar-refractivity contribution is 6.03. The van der Waals surface area contributed by atoms with Gasteiger partial charge in [0, 0.05) is 79.3 Å². The second-order valence-corrected chi connectivity index (χ2v) is 42.7. The molecule has 9 N–H and O–H groups in total. The number of fused-ring (bicyclic) bond motifs is 24. The number of esters is 1. The van der Waals surface area contributed by atoms with Crippen molar-refractivity contribution in [2.24, 2.45) is 108 Å². The Morgan fingerprint density at radius 1 is 0.468 bits per heavy atom. The highest BCUT2D eigenvalue weighted by Gasteiger charge is 2.83. The number of ether oxygens (including phenoxy) is 5. The van der Waals surface area contributed by atoms with Gasteiger partial charge in [-0.1, -0.05) is 122 Å². The molecule has 31 unspecified atom stereocenters. The Bertz CT molecular complexity index is 4690. The predicted octanol–water partition coefficient (Wildman–Crippen LogP) is 10.7. The lowest BCUT2D eigenvalue weighted by atomic mass is 9.44. The summed E-state index contributed by atoms with van der Waals surface area (Å²) in [6, 6.07) is 0. The zero-order valence-corrected chi connectivity index (χ0v) is 74.4. The number of alkyl halides is 3. The van der Waals surface area contributed by atoms with Crippen LogP contribution in [0.5, 0.6) is 0 Å². The van der Waals surface area contributed by atoms with Crippen LogP contribution in [0.4, 0.5) is 13.2 Å². The van der Waals surface area contributed by atoms with Gasteiger partial charge in [0.1, 0.15) is 32.0 Å². The first kappa shape index (κ1) is 92.7. The lowest BCUT2D eigenvalue weighted by Gasteiger charge is -2.62. The number of halogens is 3. The summed E-state index contributed by atoms with van der Waals surface area (Å²) < 4.78 is 82.3. The van der Waals surface area contributed by atoms with E-state index in [0.717, 1.165) is 36.8 Å². The third kappa shape index (κ3) is 12.2. The topological polar surface area (TPSA) is 382 Å². The number of allylic oxidation sites excluding steroid dienone is 16. The molecule has 0 aromatic heterocycles. The van der Waals surface area contributed by atoms with Gasteiger partial charge in [-0.25, -0.2) is 13.2 Å². The Morgan fingerprint density at radius 2 is 0.887 bits per heavy atom. The Labute approximate surface area is 724 Å². The SMILES string of the molecule is CC1(C)OC2CC3C4CCC5=CC(=O)C=CC5(C)C4(F)C(O)CC3(C)[C@]2(C(=O)CO)O1.CC1CC2C3CCC4=CC(=O)C=CC4(C)C3(F)C(O)CC2(C)C1(O)C(=O)CO.CCCC1OC2CC3C4CCC5=CC(=O)C=CC5(C)C4C(O)CC3(C)[C@]2(C(=O)CO)O1.CCCCC(=O)OC1(C(=O)CO)C(C)CC2C3CCC4=CC(=O)C=CC4(C)C3(F)C(O)CC21C. The number of rotatable bonds is 14. The number of unbranched alkanes of at least 4 members (excludes halogenated alkanes) is 1. The van der Waals surface area contributed by atoms with Gasteiger partial charge in [-0.05, 0) is 234 Å². The molecule has 16 aliphatic carbocycles. The fourth-order valence-electron chi connectivity index (χ4n) is 31.4. The molecule has 0 aromatic carbocycles. The van der Waals surface area contributed by atoms with E-state index in [1.807, 2.05) is 33.8 Å². The van der Waals surface area contributed by atoms with Gasteiger partial charge >= 0.3 is 5.97 Å². The molecule has 682 valence electrons. The highest BCUT2D eigenvalue weighted by Crippen LogP contribution is 2.77. The van der Waals surface area contributed by atoms with Crippen LogP contribution >= 0.6 is 0 Å². The molecule has 33 atom stereocenters. The first-order valence-corrected chi connectivity index (χ1v) is 45.7. The molecule has 0 radical (unpaired) electrons. The predicted molar refractivity (Wildman–Crippen MR) is 445 cm³/mol. The van der Waals surface area contributed by atoms with Crippen LogP contribution in [0.2, 0.25) is 0 Å². The van der Waals surface area contributed by atoms with Gasteiger partial charge in [0.2, 0.25) is 5.78 Å². The molecule has 2 saturated heterocycles. The molecule has 124 heavy (non-hydrogen) atoms. The molecular weight excluding hydrogens is 1600 g/mol. The van der Waals surface area contributed by atoms with Crippen molar-refractivity contribution in [3.05, 3.63) is 95.2 Å². The molecule has 2 heterocycles. The summed E-state index contributed by atoms with van der Waals surface area (Å²) in [7, 11) is 0. The van der Waals surface area contributed by atoms with Crippen LogP contribution in [-0.4, -0.2) is 213 Å². The van der Waals surface area contributed by atoms with E-state index < -0.39 is 205 Å². The molecular formula is C98H131F3O23. The fourth-order valence-corrected chi connectivity index (χ4v) is 31.4. The maximum Gasteiger partial charge on any atom is 0.306 e. The molecule has 14 fully saturated rings. The number of carbonyl (C=O) groups is 9. The van der Waals surface area contributed by atoms with Crippen molar-refractivity contribution < 1.29 is 126 Å². The fraction of sp³-hybridized carbons (Fsp3) is 0.745. The summed E-state index contributed by atoms with van der Waals surface area (Å²) in [5, 5.41) is 95.9. The minimum atomic E-state index is -2.03. The number of aliphatic hydroxyl groups excluding tert-OH is 8. The van der Waals surface area contributed by atoms with E-state index in [9.17, 15) is 89.1 Å². The lowest BCUT2D eigenvalue weighted by molar-refractivity contribution is -0.246. The van der Waals surface area contributed by atoms with E-state index in [1.165, 1.54) is 36.5 Å². The third-order valence-electron chi connectivity index (χ3n) is 37.1. The molecule has 0 amide bonds. The number of hydrogen-bond donors (Lipinski definition) is 9. The summed E-state index contributed by atoms with van der Waals surface area (Å²) in [4.78, 5) is 113. The second-order valence-electron chi connectivity index (χ2n) is 42.7. The quantitative estimate of drug-likeness (QED) is 0.0730. The van der Waals surface area contributed by atoms with Crippen molar-refractivity contribution in [3.63, 3.8) is 0 Å². The first-order valence-electron chi connectivity index (χ1n) is 45.7. The Kier molecular flexibility index (Phi) is 23.3. The number of ketones is 8.